The van der Waals surface area contributed by atoms with Gasteiger partial charge < -0.3 is 19.5 Å². The highest BCUT2D eigenvalue weighted by molar-refractivity contribution is 5.70. The van der Waals surface area contributed by atoms with Crippen LogP contribution in [0.3, 0.4) is 0 Å². The van der Waals surface area contributed by atoms with Gasteiger partial charge in [0.25, 0.3) is 0 Å². The van der Waals surface area contributed by atoms with Gasteiger partial charge in [0.2, 0.25) is 0 Å². The first kappa shape index (κ1) is 11.3. The van der Waals surface area contributed by atoms with E-state index in [0.29, 0.717) is 19.8 Å². The number of nitrogens with one attached hydrogen (secondary N) is 1. The van der Waals surface area contributed by atoms with Crippen LogP contribution in [-0.4, -0.2) is 37.7 Å². The maximum Gasteiger partial charge on any atom is 0.407 e. The molecular formula is C9H17NO4. The van der Waals surface area contributed by atoms with Crippen molar-refractivity contribution in [2.75, 3.05) is 19.8 Å². The van der Waals surface area contributed by atoms with Gasteiger partial charge in [-0.15, -0.1) is 0 Å². The van der Waals surface area contributed by atoms with E-state index in [9.17, 15) is 4.79 Å². The summed E-state index contributed by atoms with van der Waals surface area (Å²) in [5.74, 6) is 0. The van der Waals surface area contributed by atoms with E-state index >= 15 is 0 Å². The Labute approximate surface area is 83.7 Å². The first-order valence-electron chi connectivity index (χ1n) is 4.76. The second-order valence-electron chi connectivity index (χ2n) is 3.53. The molecule has 1 aliphatic heterocycles. The normalized spacial score (nSPS) is 28.4. The van der Waals surface area contributed by atoms with Crippen molar-refractivity contribution in [3.63, 3.8) is 0 Å². The Morgan fingerprint density at radius 1 is 1.64 bits per heavy atom. The number of ether oxygens (including phenoxy) is 3. The average molecular weight is 203 g/mol. The van der Waals surface area contributed by atoms with Crippen molar-refractivity contribution < 1.29 is 19.0 Å². The predicted octanol–water partition coefficient (Wildman–Crippen LogP) is 0.884. The number of rotatable bonds is 5. The van der Waals surface area contributed by atoms with E-state index in [1.165, 1.54) is 0 Å². The van der Waals surface area contributed by atoms with E-state index in [0.717, 1.165) is 0 Å². The number of amides is 1. The van der Waals surface area contributed by atoms with E-state index in [1.54, 1.807) is 0 Å². The Balaban J connectivity index is 2.26. The minimum Gasteiger partial charge on any atom is -0.439 e. The summed E-state index contributed by atoms with van der Waals surface area (Å²) in [6.07, 6.45) is -0.656. The molecule has 0 aliphatic carbocycles. The lowest BCUT2D eigenvalue weighted by Crippen LogP contribution is -2.36. The fourth-order valence-corrected chi connectivity index (χ4v) is 1.21. The summed E-state index contributed by atoms with van der Waals surface area (Å²) in [6, 6.07) is 0. The van der Waals surface area contributed by atoms with Crippen LogP contribution in [0.4, 0.5) is 4.79 Å². The molecule has 1 aliphatic rings. The molecule has 0 aromatic rings. The maximum absolute atomic E-state index is 10.8. The van der Waals surface area contributed by atoms with Crippen LogP contribution in [0.25, 0.3) is 0 Å². The molecule has 0 unspecified atom stereocenters. The third kappa shape index (κ3) is 3.16. The van der Waals surface area contributed by atoms with Crippen LogP contribution in [0, 0.1) is 0 Å². The first-order valence-corrected chi connectivity index (χ1v) is 4.76. The van der Waals surface area contributed by atoms with E-state index in [2.05, 4.69) is 5.32 Å². The molecule has 0 saturated carbocycles. The van der Waals surface area contributed by atoms with Gasteiger partial charge in [0.1, 0.15) is 0 Å². The highest BCUT2D eigenvalue weighted by Crippen LogP contribution is 2.16. The van der Waals surface area contributed by atoms with Gasteiger partial charge in [-0.25, -0.2) is 4.79 Å². The zero-order valence-electron chi connectivity index (χ0n) is 8.83. The van der Waals surface area contributed by atoms with E-state index in [-0.39, 0.29) is 12.4 Å². The second kappa shape index (κ2) is 4.61. The van der Waals surface area contributed by atoms with Gasteiger partial charge in [0, 0.05) is 6.61 Å². The molecule has 1 saturated heterocycles. The average Bonchev–Trinajstić information content (AvgIpc) is 2.45. The summed E-state index contributed by atoms with van der Waals surface area (Å²) in [7, 11) is 0. The summed E-state index contributed by atoms with van der Waals surface area (Å²) in [6.45, 7) is 6.97. The Morgan fingerprint density at radius 2 is 2.36 bits per heavy atom. The highest BCUT2D eigenvalue weighted by Gasteiger charge is 2.36. The molecule has 2 atom stereocenters. The SMILES string of the molecule is CCO[C@@H](C)OC[C@@]1(C)CNC(=O)O1. The van der Waals surface area contributed by atoms with Gasteiger partial charge in [-0.2, -0.15) is 0 Å². The lowest BCUT2D eigenvalue weighted by Gasteiger charge is -2.23. The van der Waals surface area contributed by atoms with Crippen molar-refractivity contribution in [2.24, 2.45) is 0 Å². The fourth-order valence-electron chi connectivity index (χ4n) is 1.21. The third-order valence-electron chi connectivity index (χ3n) is 1.97. The molecule has 1 amide bonds. The summed E-state index contributed by atoms with van der Waals surface area (Å²) < 4.78 is 15.6. The molecule has 14 heavy (non-hydrogen) atoms. The zero-order chi connectivity index (χ0) is 10.6. The molecule has 82 valence electrons. The molecule has 1 heterocycles. The lowest BCUT2D eigenvalue weighted by molar-refractivity contribution is -0.155. The summed E-state index contributed by atoms with van der Waals surface area (Å²) in [5.41, 5.74) is -0.567. The largest absolute Gasteiger partial charge is 0.439 e. The topological polar surface area (TPSA) is 56.8 Å². The number of cyclic esters (lactones) is 1. The first-order chi connectivity index (χ1) is 6.56. The molecule has 1 fully saturated rings. The number of carbonyl (C=O) groups is 1. The van der Waals surface area contributed by atoms with Crippen molar-refractivity contribution in [3.8, 4) is 0 Å². The number of carbonyl (C=O) groups excluding carboxylic acids is 1. The molecule has 5 heteroatoms. The van der Waals surface area contributed by atoms with Gasteiger partial charge >= 0.3 is 6.09 Å². The van der Waals surface area contributed by atoms with Crippen molar-refractivity contribution in [2.45, 2.75) is 32.7 Å². The molecule has 5 nitrogen and oxygen atoms in total. The van der Waals surface area contributed by atoms with E-state index in [1.807, 2.05) is 20.8 Å². The zero-order valence-corrected chi connectivity index (χ0v) is 8.83. The quantitative estimate of drug-likeness (QED) is 0.674. The van der Waals surface area contributed by atoms with Crippen LogP contribution in [0.5, 0.6) is 0 Å². The van der Waals surface area contributed by atoms with Crippen LogP contribution >= 0.6 is 0 Å². The predicted molar refractivity (Wildman–Crippen MR) is 49.9 cm³/mol. The second-order valence-corrected chi connectivity index (χ2v) is 3.53. The number of hydrogen-bond donors (Lipinski definition) is 1. The summed E-state index contributed by atoms with van der Waals surface area (Å²) >= 11 is 0. The van der Waals surface area contributed by atoms with Gasteiger partial charge in [-0.1, -0.05) is 0 Å². The fraction of sp³-hybridized carbons (Fsp3) is 0.889. The molecule has 0 spiro atoms. The van der Waals surface area contributed by atoms with Crippen molar-refractivity contribution in [3.05, 3.63) is 0 Å². The van der Waals surface area contributed by atoms with E-state index in [4.69, 9.17) is 14.2 Å². The summed E-state index contributed by atoms with van der Waals surface area (Å²) in [4.78, 5) is 10.8. The monoisotopic (exact) mass is 203 g/mol. The minimum atomic E-state index is -0.567. The van der Waals surface area contributed by atoms with Crippen molar-refractivity contribution in [1.29, 1.82) is 0 Å². The van der Waals surface area contributed by atoms with Gasteiger partial charge in [-0.05, 0) is 20.8 Å². The Kier molecular flexibility index (Phi) is 3.71. The van der Waals surface area contributed by atoms with Crippen LogP contribution in [0.2, 0.25) is 0 Å². The minimum absolute atomic E-state index is 0.267. The Morgan fingerprint density at radius 3 is 2.86 bits per heavy atom. The number of alkyl carbamates (subject to hydrolysis) is 1. The molecule has 0 bridgehead atoms. The molecular weight excluding hydrogens is 186 g/mol. The van der Waals surface area contributed by atoms with Gasteiger partial charge in [0.15, 0.2) is 11.9 Å². The molecule has 0 aromatic carbocycles. The standard InChI is InChI=1S/C9H17NO4/c1-4-12-7(2)13-6-9(3)5-10-8(11)14-9/h7H,4-6H2,1-3H3,(H,10,11)/t7-,9-/m1/s1. The van der Waals surface area contributed by atoms with Crippen molar-refractivity contribution >= 4 is 6.09 Å². The highest BCUT2D eigenvalue weighted by atomic mass is 16.7. The van der Waals surface area contributed by atoms with Gasteiger partial charge in [0.05, 0.1) is 13.2 Å². The van der Waals surface area contributed by atoms with Gasteiger partial charge in [-0.3, -0.25) is 0 Å². The third-order valence-corrected chi connectivity index (χ3v) is 1.97. The number of hydrogen-bond acceptors (Lipinski definition) is 4. The van der Waals surface area contributed by atoms with E-state index < -0.39 is 5.60 Å². The smallest absolute Gasteiger partial charge is 0.407 e. The molecule has 0 radical (unpaired) electrons. The lowest BCUT2D eigenvalue weighted by atomic mass is 10.1. The van der Waals surface area contributed by atoms with Crippen LogP contribution in [0.15, 0.2) is 0 Å². The molecule has 1 rings (SSSR count). The molecule has 0 aromatic heterocycles. The maximum atomic E-state index is 10.8. The van der Waals surface area contributed by atoms with Crippen molar-refractivity contribution in [1.82, 2.24) is 5.32 Å². The Bertz CT molecular complexity index is 209. The molecule has 1 N–H and O–H groups in total. The van der Waals surface area contributed by atoms with Crippen LogP contribution < -0.4 is 5.32 Å². The van der Waals surface area contributed by atoms with Crippen LogP contribution in [0.1, 0.15) is 20.8 Å². The van der Waals surface area contributed by atoms with Crippen LogP contribution in [-0.2, 0) is 14.2 Å². The Hall–Kier alpha value is -0.810. The summed E-state index contributed by atoms with van der Waals surface area (Å²) in [5, 5.41) is 2.58.